The average Bonchev–Trinajstić information content (AvgIpc) is 2.65. The second kappa shape index (κ2) is 15.4. The molecule has 0 heterocycles. The first-order valence-corrected chi connectivity index (χ1v) is 9.17. The largest absolute Gasteiger partial charge is 0.497 e. The van der Waals surface area contributed by atoms with E-state index in [1.165, 1.54) is 0 Å². The predicted molar refractivity (Wildman–Crippen MR) is 120 cm³/mol. The van der Waals surface area contributed by atoms with E-state index >= 15 is 0 Å². The first-order chi connectivity index (χ1) is 12.6. The van der Waals surface area contributed by atoms with Crippen LogP contribution in [0.4, 0.5) is 0 Å². The van der Waals surface area contributed by atoms with Crippen molar-refractivity contribution in [3.8, 4) is 11.5 Å². The smallest absolute Gasteiger partial charge is 0.222 e. The van der Waals surface area contributed by atoms with Gasteiger partial charge < -0.3 is 25.4 Å². The van der Waals surface area contributed by atoms with Gasteiger partial charge in [-0.05, 0) is 44.5 Å². The molecule has 0 saturated carbocycles. The van der Waals surface area contributed by atoms with Gasteiger partial charge in [-0.15, -0.1) is 24.0 Å². The quantitative estimate of drug-likeness (QED) is 0.192. The number of amides is 1. The number of nitrogens with one attached hydrogen (secondary N) is 3. The average molecular weight is 492 g/mol. The summed E-state index contributed by atoms with van der Waals surface area (Å²) in [6.45, 7) is 8.35. The van der Waals surface area contributed by atoms with Crippen molar-refractivity contribution in [3.63, 3.8) is 0 Å². The van der Waals surface area contributed by atoms with Gasteiger partial charge in [0.1, 0.15) is 18.1 Å². The number of carbonyl (C=O) groups excluding carboxylic acids is 1. The number of ether oxygens (including phenoxy) is 2. The number of hydrogen-bond donors (Lipinski definition) is 3. The minimum Gasteiger partial charge on any atom is -0.497 e. The Bertz CT molecular complexity index is 552. The highest BCUT2D eigenvalue weighted by atomic mass is 127. The number of nitrogens with zero attached hydrogens (tertiary/aromatic N) is 1. The standard InChI is InChI=1S/C19H32N4O3.HI/c1-5-15(3)23-18(24)11-12-21-19(20-6-2)22-13-14-26-17-9-7-16(25-4)8-10-17;/h7-10,15H,5-6,11-14H2,1-4H3,(H,23,24)(H2,20,21,22);1H. The van der Waals surface area contributed by atoms with E-state index in [-0.39, 0.29) is 35.9 Å². The minimum absolute atomic E-state index is 0. The first kappa shape index (κ1) is 25.3. The zero-order valence-corrected chi connectivity index (χ0v) is 19.0. The van der Waals surface area contributed by atoms with Crippen LogP contribution in [0, 0.1) is 0 Å². The molecule has 1 atom stereocenters. The molecule has 0 aliphatic rings. The van der Waals surface area contributed by atoms with Crippen LogP contribution in [-0.4, -0.2) is 51.3 Å². The summed E-state index contributed by atoms with van der Waals surface area (Å²) in [6.07, 6.45) is 1.30. The van der Waals surface area contributed by atoms with Gasteiger partial charge >= 0.3 is 0 Å². The van der Waals surface area contributed by atoms with Crippen molar-refractivity contribution < 1.29 is 14.3 Å². The molecule has 0 aliphatic carbocycles. The third-order valence-corrected chi connectivity index (χ3v) is 3.70. The number of benzene rings is 1. The van der Waals surface area contributed by atoms with Crippen molar-refractivity contribution in [2.24, 2.45) is 4.99 Å². The fraction of sp³-hybridized carbons (Fsp3) is 0.579. The topological polar surface area (TPSA) is 84.0 Å². The lowest BCUT2D eigenvalue weighted by atomic mass is 10.2. The minimum atomic E-state index is 0. The number of methoxy groups -OCH3 is 1. The molecular formula is C19H33IN4O3. The van der Waals surface area contributed by atoms with Gasteiger partial charge in [-0.3, -0.25) is 9.79 Å². The van der Waals surface area contributed by atoms with Gasteiger partial charge in [0, 0.05) is 19.0 Å². The van der Waals surface area contributed by atoms with Crippen LogP contribution in [-0.2, 0) is 4.79 Å². The number of guanidine groups is 1. The SMILES string of the molecule is CCNC(=NCCC(=O)NC(C)CC)NCCOc1ccc(OC)cc1.I. The van der Waals surface area contributed by atoms with Crippen LogP contribution in [0.25, 0.3) is 0 Å². The molecule has 0 saturated heterocycles. The van der Waals surface area contributed by atoms with Crippen LogP contribution in [0.5, 0.6) is 11.5 Å². The molecule has 0 aliphatic heterocycles. The molecule has 1 unspecified atom stereocenters. The summed E-state index contributed by atoms with van der Waals surface area (Å²) in [5.41, 5.74) is 0. The zero-order valence-electron chi connectivity index (χ0n) is 16.7. The van der Waals surface area contributed by atoms with Gasteiger partial charge in [0.05, 0.1) is 20.2 Å². The van der Waals surface area contributed by atoms with Gasteiger partial charge in [0.25, 0.3) is 0 Å². The summed E-state index contributed by atoms with van der Waals surface area (Å²) in [7, 11) is 1.63. The molecule has 1 rings (SSSR count). The van der Waals surface area contributed by atoms with Crippen LogP contribution >= 0.6 is 24.0 Å². The number of rotatable bonds is 11. The highest BCUT2D eigenvalue weighted by Crippen LogP contribution is 2.16. The lowest BCUT2D eigenvalue weighted by Gasteiger charge is -2.13. The van der Waals surface area contributed by atoms with E-state index < -0.39 is 0 Å². The van der Waals surface area contributed by atoms with Crippen molar-refractivity contribution in [1.29, 1.82) is 0 Å². The van der Waals surface area contributed by atoms with E-state index in [0.29, 0.717) is 32.1 Å². The third-order valence-electron chi connectivity index (χ3n) is 3.70. The molecule has 0 fully saturated rings. The Balaban J connectivity index is 0.00000676. The molecule has 7 nitrogen and oxygen atoms in total. The van der Waals surface area contributed by atoms with Gasteiger partial charge in [-0.25, -0.2) is 0 Å². The molecule has 0 bridgehead atoms. The molecule has 1 aromatic rings. The zero-order chi connectivity index (χ0) is 19.2. The predicted octanol–water partition coefficient (Wildman–Crippen LogP) is 2.55. The van der Waals surface area contributed by atoms with Crippen LogP contribution in [0.1, 0.15) is 33.6 Å². The van der Waals surface area contributed by atoms with Crippen molar-refractivity contribution in [3.05, 3.63) is 24.3 Å². The van der Waals surface area contributed by atoms with Crippen LogP contribution in [0.2, 0.25) is 0 Å². The second-order valence-electron chi connectivity index (χ2n) is 5.84. The monoisotopic (exact) mass is 492 g/mol. The summed E-state index contributed by atoms with van der Waals surface area (Å²) in [5.74, 6) is 2.30. The lowest BCUT2D eigenvalue weighted by Crippen LogP contribution is -2.39. The molecule has 27 heavy (non-hydrogen) atoms. The molecule has 154 valence electrons. The summed E-state index contributed by atoms with van der Waals surface area (Å²) in [6, 6.07) is 7.66. The van der Waals surface area contributed by atoms with E-state index in [4.69, 9.17) is 9.47 Å². The highest BCUT2D eigenvalue weighted by molar-refractivity contribution is 14.0. The molecule has 0 spiro atoms. The van der Waals surface area contributed by atoms with Gasteiger partial charge in [0.2, 0.25) is 5.91 Å². The summed E-state index contributed by atoms with van der Waals surface area (Å²) >= 11 is 0. The van der Waals surface area contributed by atoms with Gasteiger partial charge in [0.15, 0.2) is 5.96 Å². The first-order valence-electron chi connectivity index (χ1n) is 9.17. The van der Waals surface area contributed by atoms with E-state index in [2.05, 4.69) is 20.9 Å². The van der Waals surface area contributed by atoms with Crippen LogP contribution in [0.15, 0.2) is 29.3 Å². The maximum atomic E-state index is 11.8. The van der Waals surface area contributed by atoms with Crippen LogP contribution in [0.3, 0.4) is 0 Å². The third kappa shape index (κ3) is 11.6. The fourth-order valence-electron chi connectivity index (χ4n) is 2.07. The maximum Gasteiger partial charge on any atom is 0.222 e. The maximum absolute atomic E-state index is 11.8. The van der Waals surface area contributed by atoms with E-state index in [1.807, 2.05) is 45.0 Å². The molecule has 3 N–H and O–H groups in total. The van der Waals surface area contributed by atoms with Gasteiger partial charge in [-0.1, -0.05) is 6.92 Å². The Morgan fingerprint density at radius 3 is 2.41 bits per heavy atom. The number of carbonyl (C=O) groups is 1. The Kier molecular flexibility index (Phi) is 14.4. The van der Waals surface area contributed by atoms with Crippen molar-refractivity contribution in [2.45, 2.75) is 39.7 Å². The van der Waals surface area contributed by atoms with Crippen LogP contribution < -0.4 is 25.4 Å². The molecule has 1 amide bonds. The normalized spacial score (nSPS) is 11.8. The number of aliphatic imine (C=N–C) groups is 1. The lowest BCUT2D eigenvalue weighted by molar-refractivity contribution is -0.121. The van der Waals surface area contributed by atoms with E-state index in [9.17, 15) is 4.79 Å². The summed E-state index contributed by atoms with van der Waals surface area (Å²) in [5, 5.41) is 9.29. The van der Waals surface area contributed by atoms with Crippen molar-refractivity contribution in [1.82, 2.24) is 16.0 Å². The molecule has 0 aromatic heterocycles. The molecular weight excluding hydrogens is 459 g/mol. The van der Waals surface area contributed by atoms with Gasteiger partial charge in [-0.2, -0.15) is 0 Å². The Hall–Kier alpha value is -1.71. The number of hydrogen-bond acceptors (Lipinski definition) is 4. The molecule has 8 heteroatoms. The van der Waals surface area contributed by atoms with E-state index in [0.717, 1.165) is 24.5 Å². The summed E-state index contributed by atoms with van der Waals surface area (Å²) in [4.78, 5) is 16.2. The Morgan fingerprint density at radius 2 is 1.81 bits per heavy atom. The number of halogens is 1. The Labute approximate surface area is 179 Å². The summed E-state index contributed by atoms with van der Waals surface area (Å²) < 4.78 is 10.8. The van der Waals surface area contributed by atoms with E-state index in [1.54, 1.807) is 7.11 Å². The molecule has 0 radical (unpaired) electrons. The fourth-order valence-corrected chi connectivity index (χ4v) is 2.07. The Morgan fingerprint density at radius 1 is 1.15 bits per heavy atom. The highest BCUT2D eigenvalue weighted by Gasteiger charge is 2.05. The second-order valence-corrected chi connectivity index (χ2v) is 5.84. The van der Waals surface area contributed by atoms with Crippen molar-refractivity contribution in [2.75, 3.05) is 33.4 Å². The van der Waals surface area contributed by atoms with Crippen molar-refractivity contribution >= 4 is 35.8 Å². The molecule has 1 aromatic carbocycles.